The number of unbranched alkanes of at least 4 members (excludes halogenated alkanes) is 1. The second-order valence-electron chi connectivity index (χ2n) is 7.89. The molecule has 3 heteroatoms. The van der Waals surface area contributed by atoms with Crippen LogP contribution in [0, 0.1) is 11.7 Å². The predicted molar refractivity (Wildman–Crippen MR) is 119 cm³/mol. The Hall–Kier alpha value is -1.74. The van der Waals surface area contributed by atoms with Crippen LogP contribution in [0.15, 0.2) is 65.7 Å². The second-order valence-corrected chi connectivity index (χ2v) is 8.77. The highest BCUT2D eigenvalue weighted by atomic mass is 32.2. The Morgan fingerprint density at radius 2 is 1.64 bits per heavy atom. The molecule has 150 valence electrons. The quantitative estimate of drug-likeness (QED) is 0.341. The van der Waals surface area contributed by atoms with Crippen LogP contribution in [-0.4, -0.2) is 24.2 Å². The molecule has 28 heavy (non-hydrogen) atoms. The molecule has 0 aromatic heterocycles. The third kappa shape index (κ3) is 6.41. The average molecular weight is 398 g/mol. The minimum absolute atomic E-state index is 0.174. The van der Waals surface area contributed by atoms with Crippen molar-refractivity contribution in [3.8, 4) is 0 Å². The van der Waals surface area contributed by atoms with Gasteiger partial charge in [-0.15, -0.1) is 11.8 Å². The number of piperidine rings is 1. The van der Waals surface area contributed by atoms with E-state index in [1.165, 1.54) is 66.8 Å². The SMILES string of the molecule is C=C(Cc1ccc(F)cc1)N1CCC(CCCCc2ccc(SC)cc2)CC1. The van der Waals surface area contributed by atoms with E-state index in [1.54, 1.807) is 11.8 Å². The molecule has 1 saturated heterocycles. The zero-order chi connectivity index (χ0) is 19.8. The molecule has 0 aliphatic carbocycles. The van der Waals surface area contributed by atoms with Crippen molar-refractivity contribution in [3.63, 3.8) is 0 Å². The van der Waals surface area contributed by atoms with E-state index < -0.39 is 0 Å². The van der Waals surface area contributed by atoms with Crippen molar-refractivity contribution in [2.75, 3.05) is 19.3 Å². The van der Waals surface area contributed by atoms with E-state index in [1.807, 2.05) is 12.1 Å². The van der Waals surface area contributed by atoms with Crippen LogP contribution in [0.25, 0.3) is 0 Å². The van der Waals surface area contributed by atoms with Crippen LogP contribution in [0.4, 0.5) is 4.39 Å². The van der Waals surface area contributed by atoms with Gasteiger partial charge in [0.2, 0.25) is 0 Å². The number of allylic oxidation sites excluding steroid dienone is 1. The normalized spacial score (nSPS) is 15.0. The van der Waals surface area contributed by atoms with Crippen molar-refractivity contribution < 1.29 is 4.39 Å². The maximum atomic E-state index is 13.0. The number of nitrogens with zero attached hydrogens (tertiary/aromatic N) is 1. The van der Waals surface area contributed by atoms with Crippen molar-refractivity contribution >= 4 is 11.8 Å². The van der Waals surface area contributed by atoms with Crippen LogP contribution in [0.3, 0.4) is 0 Å². The first-order chi connectivity index (χ1) is 13.6. The fourth-order valence-electron chi connectivity index (χ4n) is 4.04. The molecule has 1 nitrogen and oxygen atoms in total. The second kappa shape index (κ2) is 10.7. The lowest BCUT2D eigenvalue weighted by Gasteiger charge is -2.35. The summed E-state index contributed by atoms with van der Waals surface area (Å²) in [5.74, 6) is 0.681. The molecule has 0 radical (unpaired) electrons. The highest BCUT2D eigenvalue weighted by molar-refractivity contribution is 7.98. The van der Waals surface area contributed by atoms with Gasteiger partial charge in [0.15, 0.2) is 0 Å². The molecule has 2 aromatic carbocycles. The minimum Gasteiger partial charge on any atom is -0.375 e. The molecule has 0 unspecified atom stereocenters. The first-order valence-corrected chi connectivity index (χ1v) is 11.7. The Kier molecular flexibility index (Phi) is 8.02. The Bertz CT molecular complexity index is 730. The van der Waals surface area contributed by atoms with E-state index >= 15 is 0 Å². The number of hydrogen-bond donors (Lipinski definition) is 0. The van der Waals surface area contributed by atoms with Gasteiger partial charge in [0.1, 0.15) is 5.82 Å². The number of halogens is 1. The Labute approximate surface area is 174 Å². The van der Waals surface area contributed by atoms with Crippen molar-refractivity contribution in [2.45, 2.75) is 49.8 Å². The summed E-state index contributed by atoms with van der Waals surface area (Å²) >= 11 is 1.80. The molecule has 2 aromatic rings. The third-order valence-electron chi connectivity index (χ3n) is 5.87. The monoisotopic (exact) mass is 397 g/mol. The smallest absolute Gasteiger partial charge is 0.123 e. The van der Waals surface area contributed by atoms with Gasteiger partial charge in [-0.05, 0) is 73.2 Å². The molecule has 3 rings (SSSR count). The summed E-state index contributed by atoms with van der Waals surface area (Å²) in [5.41, 5.74) is 3.77. The van der Waals surface area contributed by atoms with Gasteiger partial charge in [0, 0.05) is 30.1 Å². The molecule has 1 aliphatic heterocycles. The van der Waals surface area contributed by atoms with E-state index in [-0.39, 0.29) is 5.82 Å². The number of likely N-dealkylation sites (tertiary alicyclic amines) is 1. The molecule has 1 heterocycles. The number of thioether (sulfide) groups is 1. The van der Waals surface area contributed by atoms with Crippen LogP contribution in [0.5, 0.6) is 0 Å². The first kappa shape index (κ1) is 21.0. The first-order valence-electron chi connectivity index (χ1n) is 10.4. The summed E-state index contributed by atoms with van der Waals surface area (Å²) < 4.78 is 13.0. The molecule has 0 bridgehead atoms. The highest BCUT2D eigenvalue weighted by Crippen LogP contribution is 2.26. The number of benzene rings is 2. The molecule has 0 atom stereocenters. The standard InChI is InChI=1S/C25H32FNS/c1-20(19-23-7-11-24(26)12-8-23)27-17-15-22(16-18-27)6-4-3-5-21-9-13-25(28-2)14-10-21/h7-14,22H,1,3-6,15-19H2,2H3. The van der Waals surface area contributed by atoms with Crippen LogP contribution in [0.1, 0.15) is 43.2 Å². The summed E-state index contributed by atoms with van der Waals surface area (Å²) in [7, 11) is 0. The van der Waals surface area contributed by atoms with Gasteiger partial charge < -0.3 is 4.90 Å². The van der Waals surface area contributed by atoms with Gasteiger partial charge in [-0.25, -0.2) is 4.39 Å². The number of hydrogen-bond acceptors (Lipinski definition) is 2. The molecule has 0 N–H and O–H groups in total. The predicted octanol–water partition coefficient (Wildman–Crippen LogP) is 6.73. The lowest BCUT2D eigenvalue weighted by Crippen LogP contribution is -2.33. The summed E-state index contributed by atoms with van der Waals surface area (Å²) in [6.45, 7) is 6.50. The maximum absolute atomic E-state index is 13.0. The van der Waals surface area contributed by atoms with E-state index in [4.69, 9.17) is 0 Å². The fourth-order valence-corrected chi connectivity index (χ4v) is 4.45. The lowest BCUT2D eigenvalue weighted by atomic mass is 9.90. The molecule has 0 spiro atoms. The van der Waals surface area contributed by atoms with Crippen molar-refractivity contribution in [3.05, 3.63) is 77.8 Å². The maximum Gasteiger partial charge on any atom is 0.123 e. The summed E-state index contributed by atoms with van der Waals surface area (Å²) in [4.78, 5) is 3.77. The van der Waals surface area contributed by atoms with Crippen molar-refractivity contribution in [1.82, 2.24) is 4.90 Å². The van der Waals surface area contributed by atoms with Gasteiger partial charge in [-0.1, -0.05) is 43.7 Å². The number of aryl methyl sites for hydroxylation is 1. The molecular formula is C25H32FNS. The Balaban J connectivity index is 1.32. The van der Waals surface area contributed by atoms with E-state index in [2.05, 4.69) is 42.0 Å². The molecule has 0 saturated carbocycles. The zero-order valence-corrected chi connectivity index (χ0v) is 17.8. The van der Waals surface area contributed by atoms with Gasteiger partial charge in [-0.3, -0.25) is 0 Å². The average Bonchev–Trinajstić information content (AvgIpc) is 2.73. The van der Waals surface area contributed by atoms with Crippen LogP contribution < -0.4 is 0 Å². The zero-order valence-electron chi connectivity index (χ0n) is 17.0. The molecule has 1 fully saturated rings. The van der Waals surface area contributed by atoms with Gasteiger partial charge in [0.25, 0.3) is 0 Å². The molecule has 1 aliphatic rings. The highest BCUT2D eigenvalue weighted by Gasteiger charge is 2.19. The topological polar surface area (TPSA) is 3.24 Å². The summed E-state index contributed by atoms with van der Waals surface area (Å²) in [5, 5.41) is 0. The molecular weight excluding hydrogens is 365 g/mol. The lowest BCUT2D eigenvalue weighted by molar-refractivity contribution is 0.214. The van der Waals surface area contributed by atoms with E-state index in [9.17, 15) is 4.39 Å². The Morgan fingerprint density at radius 1 is 1.00 bits per heavy atom. The van der Waals surface area contributed by atoms with Gasteiger partial charge in [-0.2, -0.15) is 0 Å². The van der Waals surface area contributed by atoms with Gasteiger partial charge in [0.05, 0.1) is 0 Å². The van der Waals surface area contributed by atoms with Crippen molar-refractivity contribution in [2.24, 2.45) is 5.92 Å². The van der Waals surface area contributed by atoms with Crippen molar-refractivity contribution in [1.29, 1.82) is 0 Å². The summed E-state index contributed by atoms with van der Waals surface area (Å²) in [6.07, 6.45) is 10.6. The summed E-state index contributed by atoms with van der Waals surface area (Å²) in [6, 6.07) is 15.8. The third-order valence-corrected chi connectivity index (χ3v) is 6.61. The largest absolute Gasteiger partial charge is 0.375 e. The van der Waals surface area contributed by atoms with Crippen LogP contribution >= 0.6 is 11.8 Å². The van der Waals surface area contributed by atoms with Crippen LogP contribution in [-0.2, 0) is 12.8 Å². The van der Waals surface area contributed by atoms with Crippen LogP contribution in [0.2, 0.25) is 0 Å². The number of rotatable bonds is 9. The molecule has 0 amide bonds. The van der Waals surface area contributed by atoms with E-state index in [0.29, 0.717) is 0 Å². The minimum atomic E-state index is -0.174. The Morgan fingerprint density at radius 3 is 2.29 bits per heavy atom. The van der Waals surface area contributed by atoms with E-state index in [0.717, 1.165) is 31.0 Å². The fraction of sp³-hybridized carbons (Fsp3) is 0.440. The van der Waals surface area contributed by atoms with Gasteiger partial charge >= 0.3 is 0 Å².